The summed E-state index contributed by atoms with van der Waals surface area (Å²) in [5.74, 6) is 0.694. The lowest BCUT2D eigenvalue weighted by atomic mass is 10.0. The van der Waals surface area contributed by atoms with E-state index < -0.39 is 0 Å². The van der Waals surface area contributed by atoms with Crippen LogP contribution in [-0.2, 0) is 11.3 Å². The Kier molecular flexibility index (Phi) is 6.17. The molecule has 27 heavy (non-hydrogen) atoms. The first-order valence-corrected chi connectivity index (χ1v) is 10.8. The van der Waals surface area contributed by atoms with Crippen molar-refractivity contribution in [3.05, 3.63) is 51.3 Å². The molecule has 1 aliphatic rings. The van der Waals surface area contributed by atoms with Gasteiger partial charge < -0.3 is 9.30 Å². The minimum absolute atomic E-state index is 0.213. The third kappa shape index (κ3) is 4.17. The monoisotopic (exact) mass is 385 g/mol. The summed E-state index contributed by atoms with van der Waals surface area (Å²) in [5.41, 5.74) is 8.25. The molecule has 2 aromatic rings. The van der Waals surface area contributed by atoms with Crippen LogP contribution in [0.15, 0.2) is 17.0 Å². The molecule has 1 aromatic heterocycles. The molecule has 0 bridgehead atoms. The Bertz CT molecular complexity index is 834. The largest absolute Gasteiger partial charge is 0.376 e. The Morgan fingerprint density at radius 1 is 1.11 bits per heavy atom. The van der Waals surface area contributed by atoms with Gasteiger partial charge in [-0.25, -0.2) is 0 Å². The number of Topliss-reactive ketones (excluding diaryl/α,β-unsaturated/α-hetero) is 1. The molecule has 0 radical (unpaired) electrons. The van der Waals surface area contributed by atoms with Gasteiger partial charge in [0, 0.05) is 35.0 Å². The molecule has 1 fully saturated rings. The van der Waals surface area contributed by atoms with Crippen molar-refractivity contribution in [1.29, 1.82) is 0 Å². The highest BCUT2D eigenvalue weighted by molar-refractivity contribution is 8.00. The first kappa shape index (κ1) is 20.2. The quantitative estimate of drug-likeness (QED) is 0.486. The van der Waals surface area contributed by atoms with E-state index in [2.05, 4.69) is 52.2 Å². The molecule has 0 aliphatic carbocycles. The Hall–Kier alpha value is -1.52. The molecule has 0 unspecified atom stereocenters. The summed E-state index contributed by atoms with van der Waals surface area (Å²) >= 11 is 1.68. The molecule has 3 nitrogen and oxygen atoms in total. The number of thioether (sulfide) groups is 1. The molecule has 0 amide bonds. The van der Waals surface area contributed by atoms with Crippen LogP contribution in [-0.4, -0.2) is 28.8 Å². The van der Waals surface area contributed by atoms with Crippen molar-refractivity contribution < 1.29 is 9.53 Å². The van der Waals surface area contributed by atoms with Crippen LogP contribution in [0.5, 0.6) is 0 Å². The van der Waals surface area contributed by atoms with Crippen molar-refractivity contribution in [1.82, 2.24) is 4.57 Å². The lowest BCUT2D eigenvalue weighted by Gasteiger charge is -2.15. The number of carbonyl (C=O) groups excluding carboxylic acids is 1. The summed E-state index contributed by atoms with van der Waals surface area (Å²) in [6.07, 6.45) is 2.54. The fourth-order valence-electron chi connectivity index (χ4n) is 3.97. The van der Waals surface area contributed by atoms with Crippen molar-refractivity contribution >= 4 is 17.5 Å². The number of hydrogen-bond donors (Lipinski definition) is 0. The number of rotatable bonds is 6. The molecular weight excluding hydrogens is 354 g/mol. The third-order valence-corrected chi connectivity index (χ3v) is 7.24. The smallest absolute Gasteiger partial charge is 0.174 e. The second-order valence-electron chi connectivity index (χ2n) is 7.83. The zero-order valence-electron chi connectivity index (χ0n) is 17.4. The number of ketones is 1. The predicted octanol–water partition coefficient (Wildman–Crippen LogP) is 5.49. The average Bonchev–Trinajstić information content (AvgIpc) is 3.23. The van der Waals surface area contributed by atoms with E-state index >= 15 is 0 Å². The summed E-state index contributed by atoms with van der Waals surface area (Å²) < 4.78 is 8.03. The van der Waals surface area contributed by atoms with Crippen LogP contribution in [0.2, 0.25) is 0 Å². The van der Waals surface area contributed by atoms with E-state index in [1.807, 2.05) is 6.07 Å². The molecule has 146 valence electrons. The van der Waals surface area contributed by atoms with Crippen LogP contribution in [0.3, 0.4) is 0 Å². The van der Waals surface area contributed by atoms with Crippen molar-refractivity contribution in [3.8, 4) is 0 Å². The van der Waals surface area contributed by atoms with Crippen LogP contribution >= 0.6 is 11.8 Å². The van der Waals surface area contributed by atoms with Crippen LogP contribution < -0.4 is 0 Å². The summed E-state index contributed by atoms with van der Waals surface area (Å²) in [6.45, 7) is 14.5. The molecule has 2 heterocycles. The van der Waals surface area contributed by atoms with Gasteiger partial charge in [0.05, 0.1) is 11.9 Å². The maximum Gasteiger partial charge on any atom is 0.174 e. The molecule has 0 N–H and O–H groups in total. The number of nitrogens with zero attached hydrogens (tertiary/aromatic N) is 1. The summed E-state index contributed by atoms with van der Waals surface area (Å²) in [5, 5.41) is 0. The zero-order chi connectivity index (χ0) is 19.7. The number of hydrogen-bond acceptors (Lipinski definition) is 3. The van der Waals surface area contributed by atoms with Gasteiger partial charge in [-0.15, -0.1) is 11.8 Å². The number of aromatic nitrogens is 1. The highest BCUT2D eigenvalue weighted by Crippen LogP contribution is 2.32. The molecule has 1 atom stereocenters. The van der Waals surface area contributed by atoms with E-state index in [1.54, 1.807) is 11.8 Å². The summed E-state index contributed by atoms with van der Waals surface area (Å²) in [4.78, 5) is 14.2. The first-order valence-electron chi connectivity index (χ1n) is 9.81. The lowest BCUT2D eigenvalue weighted by Crippen LogP contribution is -2.17. The minimum Gasteiger partial charge on any atom is -0.376 e. The molecule has 0 spiro atoms. The summed E-state index contributed by atoms with van der Waals surface area (Å²) in [7, 11) is 0. The zero-order valence-corrected chi connectivity index (χ0v) is 18.3. The standard InChI is InChI=1S/C23H31NO2S/c1-14-10-15(2)18(5)23(17(14)4)27-13-22(25)21-11-16(3)24(19(21)6)12-20-8-7-9-26-20/h10-11,20H,7-9,12-13H2,1-6H3/t20-/m0/s1. The van der Waals surface area contributed by atoms with Gasteiger partial charge in [-0.1, -0.05) is 6.07 Å². The number of ether oxygens (including phenoxy) is 1. The molecule has 0 saturated carbocycles. The second kappa shape index (κ2) is 8.24. The van der Waals surface area contributed by atoms with Gasteiger partial charge in [0.15, 0.2) is 5.78 Å². The Labute approximate surface area is 167 Å². The molecule has 4 heteroatoms. The van der Waals surface area contributed by atoms with E-state index in [4.69, 9.17) is 4.74 Å². The molecule has 1 aliphatic heterocycles. The molecule has 1 aromatic carbocycles. The van der Waals surface area contributed by atoms with Crippen LogP contribution in [0.4, 0.5) is 0 Å². The Morgan fingerprint density at radius 2 is 1.78 bits per heavy atom. The maximum atomic E-state index is 13.0. The topological polar surface area (TPSA) is 31.2 Å². The van der Waals surface area contributed by atoms with E-state index in [0.717, 1.165) is 42.9 Å². The number of carbonyl (C=O) groups is 1. The van der Waals surface area contributed by atoms with E-state index in [9.17, 15) is 4.79 Å². The van der Waals surface area contributed by atoms with Crippen LogP contribution in [0.1, 0.15) is 56.8 Å². The van der Waals surface area contributed by atoms with Crippen molar-refractivity contribution in [2.45, 2.75) is 71.9 Å². The van der Waals surface area contributed by atoms with E-state index in [0.29, 0.717) is 5.75 Å². The van der Waals surface area contributed by atoms with Gasteiger partial charge in [0.2, 0.25) is 0 Å². The highest BCUT2D eigenvalue weighted by atomic mass is 32.2. The minimum atomic E-state index is 0.213. The van der Waals surface area contributed by atoms with E-state index in [-0.39, 0.29) is 11.9 Å². The van der Waals surface area contributed by atoms with Gasteiger partial charge >= 0.3 is 0 Å². The van der Waals surface area contributed by atoms with Crippen molar-refractivity contribution in [3.63, 3.8) is 0 Å². The molecular formula is C23H31NO2S. The van der Waals surface area contributed by atoms with Crippen molar-refractivity contribution in [2.75, 3.05) is 12.4 Å². The number of benzene rings is 1. The van der Waals surface area contributed by atoms with Crippen LogP contribution in [0.25, 0.3) is 0 Å². The van der Waals surface area contributed by atoms with Gasteiger partial charge in [-0.2, -0.15) is 0 Å². The van der Waals surface area contributed by atoms with Crippen LogP contribution in [0, 0.1) is 41.5 Å². The Morgan fingerprint density at radius 3 is 2.37 bits per heavy atom. The second-order valence-corrected chi connectivity index (χ2v) is 8.82. The maximum absolute atomic E-state index is 13.0. The number of aryl methyl sites for hydroxylation is 3. The molecule has 1 saturated heterocycles. The predicted molar refractivity (Wildman–Crippen MR) is 113 cm³/mol. The lowest BCUT2D eigenvalue weighted by molar-refractivity contribution is 0.0957. The van der Waals surface area contributed by atoms with Gasteiger partial charge in [0.25, 0.3) is 0 Å². The molecule has 3 rings (SSSR count). The SMILES string of the molecule is Cc1cc(C)c(C)c(SCC(=O)c2cc(C)n(C[C@@H]3CCCO3)c2C)c1C. The van der Waals surface area contributed by atoms with Gasteiger partial charge in [0.1, 0.15) is 0 Å². The fourth-order valence-corrected chi connectivity index (χ4v) is 5.15. The average molecular weight is 386 g/mol. The first-order chi connectivity index (χ1) is 12.8. The van der Waals surface area contributed by atoms with Crippen molar-refractivity contribution in [2.24, 2.45) is 0 Å². The highest BCUT2D eigenvalue weighted by Gasteiger charge is 2.21. The van der Waals surface area contributed by atoms with Gasteiger partial charge in [-0.3, -0.25) is 4.79 Å². The Balaban J connectivity index is 1.76. The van der Waals surface area contributed by atoms with Gasteiger partial charge in [-0.05, 0) is 82.7 Å². The normalized spacial score (nSPS) is 16.9. The third-order valence-electron chi connectivity index (χ3n) is 5.93. The summed E-state index contributed by atoms with van der Waals surface area (Å²) in [6, 6.07) is 4.28. The van der Waals surface area contributed by atoms with E-state index in [1.165, 1.54) is 27.1 Å². The fraction of sp³-hybridized carbons (Fsp3) is 0.522.